The van der Waals surface area contributed by atoms with Gasteiger partial charge in [0.05, 0.1) is 12.2 Å². The second kappa shape index (κ2) is 4.08. The van der Waals surface area contributed by atoms with Crippen LogP contribution < -0.4 is 5.73 Å². The summed E-state index contributed by atoms with van der Waals surface area (Å²) in [6.45, 7) is 2.70. The molecule has 0 saturated heterocycles. The zero-order chi connectivity index (χ0) is 10.7. The van der Waals surface area contributed by atoms with E-state index >= 15 is 0 Å². The summed E-state index contributed by atoms with van der Waals surface area (Å²) in [5.74, 6) is 0.515. The summed E-state index contributed by atoms with van der Waals surface area (Å²) in [5, 5.41) is 7.85. The molecule has 0 fully saturated rings. The second-order valence-electron chi connectivity index (χ2n) is 3.29. The summed E-state index contributed by atoms with van der Waals surface area (Å²) in [4.78, 5) is 4.05. The van der Waals surface area contributed by atoms with Gasteiger partial charge in [0.25, 0.3) is 0 Å². The quantitative estimate of drug-likeness (QED) is 0.803. The fraction of sp³-hybridized carbons (Fsp3) is 0.300. The van der Waals surface area contributed by atoms with Crippen LogP contribution in [0.4, 0.5) is 5.82 Å². The van der Waals surface area contributed by atoms with E-state index in [0.29, 0.717) is 12.4 Å². The molecule has 0 bridgehead atoms. The Labute approximate surface area is 87.9 Å². The second-order valence-corrected chi connectivity index (χ2v) is 3.29. The number of aromatic nitrogens is 4. The molecule has 2 aromatic rings. The Morgan fingerprint density at radius 2 is 2.33 bits per heavy atom. The van der Waals surface area contributed by atoms with Gasteiger partial charge in [-0.15, -0.1) is 5.10 Å². The standard InChI is InChI=1S/C10H13N5/c1-2-9-10(11)13-14-15(9)7-8-4-3-5-12-6-8/h3-6H,2,7,11H2,1H3. The van der Waals surface area contributed by atoms with E-state index in [9.17, 15) is 0 Å². The number of nitrogens with zero attached hydrogens (tertiary/aromatic N) is 4. The maximum absolute atomic E-state index is 5.70. The van der Waals surface area contributed by atoms with Crippen molar-refractivity contribution in [3.8, 4) is 0 Å². The molecule has 15 heavy (non-hydrogen) atoms. The maximum Gasteiger partial charge on any atom is 0.169 e. The van der Waals surface area contributed by atoms with Gasteiger partial charge in [0.15, 0.2) is 5.82 Å². The molecular weight excluding hydrogens is 190 g/mol. The smallest absolute Gasteiger partial charge is 0.169 e. The molecule has 0 aliphatic rings. The van der Waals surface area contributed by atoms with Gasteiger partial charge in [-0.05, 0) is 18.1 Å². The largest absolute Gasteiger partial charge is 0.381 e. The van der Waals surface area contributed by atoms with Crippen LogP contribution in [-0.2, 0) is 13.0 Å². The number of nitrogen functional groups attached to an aromatic ring is 1. The van der Waals surface area contributed by atoms with E-state index in [0.717, 1.165) is 17.7 Å². The van der Waals surface area contributed by atoms with E-state index in [1.165, 1.54) is 0 Å². The third-order valence-corrected chi connectivity index (χ3v) is 2.26. The van der Waals surface area contributed by atoms with Crippen LogP contribution in [0.15, 0.2) is 24.5 Å². The van der Waals surface area contributed by atoms with E-state index in [2.05, 4.69) is 15.3 Å². The molecule has 0 aliphatic carbocycles. The molecule has 0 saturated carbocycles. The molecule has 0 radical (unpaired) electrons. The van der Waals surface area contributed by atoms with Gasteiger partial charge >= 0.3 is 0 Å². The zero-order valence-corrected chi connectivity index (χ0v) is 8.59. The Balaban J connectivity index is 2.25. The van der Waals surface area contributed by atoms with Gasteiger partial charge in [-0.1, -0.05) is 18.2 Å². The highest BCUT2D eigenvalue weighted by Crippen LogP contribution is 2.09. The molecular formula is C10H13N5. The Morgan fingerprint density at radius 3 is 3.00 bits per heavy atom. The maximum atomic E-state index is 5.70. The lowest BCUT2D eigenvalue weighted by Gasteiger charge is -2.04. The molecule has 0 spiro atoms. The monoisotopic (exact) mass is 203 g/mol. The number of pyridine rings is 1. The Kier molecular flexibility index (Phi) is 2.62. The molecule has 5 heteroatoms. The van der Waals surface area contributed by atoms with Crippen LogP contribution >= 0.6 is 0 Å². The lowest BCUT2D eigenvalue weighted by atomic mass is 10.2. The van der Waals surface area contributed by atoms with Crippen molar-refractivity contribution >= 4 is 5.82 Å². The van der Waals surface area contributed by atoms with E-state index in [1.54, 1.807) is 6.20 Å². The Bertz CT molecular complexity index is 434. The molecule has 5 nitrogen and oxygen atoms in total. The highest BCUT2D eigenvalue weighted by molar-refractivity contribution is 5.33. The molecule has 0 aromatic carbocycles. The molecule has 0 aliphatic heterocycles. The summed E-state index contributed by atoms with van der Waals surface area (Å²) in [5.41, 5.74) is 7.76. The summed E-state index contributed by atoms with van der Waals surface area (Å²) in [6, 6.07) is 3.91. The van der Waals surface area contributed by atoms with Crippen molar-refractivity contribution in [2.75, 3.05) is 5.73 Å². The van der Waals surface area contributed by atoms with E-state index in [4.69, 9.17) is 5.73 Å². The van der Waals surface area contributed by atoms with Crippen LogP contribution in [0, 0.1) is 0 Å². The number of rotatable bonds is 3. The average Bonchev–Trinajstić information content (AvgIpc) is 2.61. The van der Waals surface area contributed by atoms with Crippen molar-refractivity contribution in [1.29, 1.82) is 0 Å². The van der Waals surface area contributed by atoms with Crippen LogP contribution in [0.5, 0.6) is 0 Å². The zero-order valence-electron chi connectivity index (χ0n) is 8.59. The van der Waals surface area contributed by atoms with Crippen LogP contribution in [0.3, 0.4) is 0 Å². The van der Waals surface area contributed by atoms with Gasteiger partial charge in [0, 0.05) is 12.4 Å². The van der Waals surface area contributed by atoms with Crippen molar-refractivity contribution in [3.05, 3.63) is 35.8 Å². The van der Waals surface area contributed by atoms with Gasteiger partial charge < -0.3 is 5.73 Å². The Hall–Kier alpha value is -1.91. The summed E-state index contributed by atoms with van der Waals surface area (Å²) < 4.78 is 1.81. The molecule has 0 unspecified atom stereocenters. The number of hydrogen-bond donors (Lipinski definition) is 1. The molecule has 0 atom stereocenters. The first-order chi connectivity index (χ1) is 7.31. The molecule has 0 amide bonds. The summed E-state index contributed by atoms with van der Waals surface area (Å²) in [7, 11) is 0. The van der Waals surface area contributed by atoms with E-state index < -0.39 is 0 Å². The highest BCUT2D eigenvalue weighted by atomic mass is 15.4. The topological polar surface area (TPSA) is 69.6 Å². The minimum atomic E-state index is 0.515. The predicted octanol–water partition coefficient (Wildman–Crippen LogP) is 0.866. The minimum Gasteiger partial charge on any atom is -0.381 e. The van der Waals surface area contributed by atoms with Crippen molar-refractivity contribution in [3.63, 3.8) is 0 Å². The Morgan fingerprint density at radius 1 is 1.47 bits per heavy atom. The summed E-state index contributed by atoms with van der Waals surface area (Å²) >= 11 is 0. The third kappa shape index (κ3) is 1.96. The minimum absolute atomic E-state index is 0.515. The summed E-state index contributed by atoms with van der Waals surface area (Å²) in [6.07, 6.45) is 4.40. The van der Waals surface area contributed by atoms with Gasteiger partial charge in [-0.25, -0.2) is 4.68 Å². The lowest BCUT2D eigenvalue weighted by molar-refractivity contribution is 0.621. The predicted molar refractivity (Wildman–Crippen MR) is 57.2 cm³/mol. The van der Waals surface area contributed by atoms with Crippen molar-refractivity contribution in [2.45, 2.75) is 19.9 Å². The number of hydrogen-bond acceptors (Lipinski definition) is 4. The first-order valence-electron chi connectivity index (χ1n) is 4.88. The van der Waals surface area contributed by atoms with Crippen LogP contribution in [0.1, 0.15) is 18.2 Å². The van der Waals surface area contributed by atoms with Crippen LogP contribution in [-0.4, -0.2) is 20.0 Å². The van der Waals surface area contributed by atoms with Gasteiger partial charge in [0.2, 0.25) is 0 Å². The highest BCUT2D eigenvalue weighted by Gasteiger charge is 2.07. The van der Waals surface area contributed by atoms with Crippen molar-refractivity contribution < 1.29 is 0 Å². The molecule has 2 heterocycles. The van der Waals surface area contributed by atoms with Crippen molar-refractivity contribution in [1.82, 2.24) is 20.0 Å². The first kappa shape index (κ1) is 9.64. The van der Waals surface area contributed by atoms with E-state index in [-0.39, 0.29) is 0 Å². The number of nitrogens with two attached hydrogens (primary N) is 1. The molecule has 2 N–H and O–H groups in total. The number of anilines is 1. The average molecular weight is 203 g/mol. The molecule has 2 aromatic heterocycles. The van der Waals surface area contributed by atoms with Crippen LogP contribution in [0.25, 0.3) is 0 Å². The third-order valence-electron chi connectivity index (χ3n) is 2.26. The lowest BCUT2D eigenvalue weighted by Crippen LogP contribution is -2.06. The van der Waals surface area contributed by atoms with Gasteiger partial charge in [0.1, 0.15) is 0 Å². The fourth-order valence-electron chi connectivity index (χ4n) is 1.50. The molecule has 78 valence electrons. The normalized spacial score (nSPS) is 10.5. The molecule has 2 rings (SSSR count). The fourth-order valence-corrected chi connectivity index (χ4v) is 1.50. The van der Waals surface area contributed by atoms with Crippen LogP contribution in [0.2, 0.25) is 0 Å². The SMILES string of the molecule is CCc1c(N)nnn1Cc1cccnc1. The van der Waals surface area contributed by atoms with E-state index in [1.807, 2.05) is 29.9 Å². The van der Waals surface area contributed by atoms with Crippen molar-refractivity contribution in [2.24, 2.45) is 0 Å². The van der Waals surface area contributed by atoms with Gasteiger partial charge in [-0.2, -0.15) is 0 Å². The first-order valence-corrected chi connectivity index (χ1v) is 4.88. The van der Waals surface area contributed by atoms with Gasteiger partial charge in [-0.3, -0.25) is 4.98 Å².